The first-order valence-corrected chi connectivity index (χ1v) is 7.85. The zero-order valence-electron chi connectivity index (χ0n) is 12.5. The lowest BCUT2D eigenvalue weighted by Gasteiger charge is -2.08. The highest BCUT2D eigenvalue weighted by molar-refractivity contribution is 7.13. The largest absolute Gasteiger partial charge is 0.352 e. The molecule has 2 heterocycles. The zero-order chi connectivity index (χ0) is 15.9. The number of carbonyl (C=O) groups excluding carboxylic acids is 2. The van der Waals surface area contributed by atoms with Gasteiger partial charge in [0.15, 0.2) is 0 Å². The molecule has 0 saturated carbocycles. The molecule has 7 nitrogen and oxygen atoms in total. The monoisotopic (exact) mass is 322 g/mol. The van der Waals surface area contributed by atoms with Crippen molar-refractivity contribution < 1.29 is 14.1 Å². The van der Waals surface area contributed by atoms with Crippen LogP contribution in [0.25, 0.3) is 10.7 Å². The molecule has 0 spiro atoms. The molecule has 8 heteroatoms. The van der Waals surface area contributed by atoms with Crippen LogP contribution in [0.4, 0.5) is 0 Å². The van der Waals surface area contributed by atoms with Crippen LogP contribution in [-0.4, -0.2) is 34.5 Å². The second-order valence-electron chi connectivity index (χ2n) is 4.99. The summed E-state index contributed by atoms with van der Waals surface area (Å²) in [5, 5.41) is 11.1. The molecule has 0 aliphatic carbocycles. The summed E-state index contributed by atoms with van der Waals surface area (Å²) in [6.07, 6.45) is 0.539. The summed E-state index contributed by atoms with van der Waals surface area (Å²) in [4.78, 5) is 28.2. The summed E-state index contributed by atoms with van der Waals surface area (Å²) in [5.74, 6) is 0.503. The van der Waals surface area contributed by atoms with Gasteiger partial charge in [0.05, 0.1) is 11.4 Å². The van der Waals surface area contributed by atoms with E-state index in [0.717, 1.165) is 4.88 Å². The fourth-order valence-electron chi connectivity index (χ4n) is 1.72. The van der Waals surface area contributed by atoms with Crippen molar-refractivity contribution in [2.45, 2.75) is 32.7 Å². The number of aromatic nitrogens is 2. The van der Waals surface area contributed by atoms with Gasteiger partial charge in [-0.3, -0.25) is 9.59 Å². The van der Waals surface area contributed by atoms with Gasteiger partial charge in [0, 0.05) is 18.9 Å². The predicted molar refractivity (Wildman–Crippen MR) is 82.2 cm³/mol. The molecule has 0 radical (unpaired) electrons. The van der Waals surface area contributed by atoms with E-state index in [-0.39, 0.29) is 30.8 Å². The lowest BCUT2D eigenvalue weighted by molar-refractivity contribution is -0.126. The molecule has 0 unspecified atom stereocenters. The van der Waals surface area contributed by atoms with Crippen molar-refractivity contribution in [3.05, 3.63) is 23.4 Å². The highest BCUT2D eigenvalue weighted by Crippen LogP contribution is 2.21. The maximum absolute atomic E-state index is 11.7. The van der Waals surface area contributed by atoms with Gasteiger partial charge >= 0.3 is 0 Å². The molecule has 2 rings (SSSR count). The van der Waals surface area contributed by atoms with E-state index in [1.807, 2.05) is 31.4 Å². The SMILES string of the molecule is CC(C)NC(=O)CNC(=O)CCc1nc(-c2cccs2)no1. The minimum absolute atomic E-state index is 0.0265. The normalized spacial score (nSPS) is 10.7. The van der Waals surface area contributed by atoms with Crippen LogP contribution in [-0.2, 0) is 16.0 Å². The minimum Gasteiger partial charge on any atom is -0.352 e. The van der Waals surface area contributed by atoms with Gasteiger partial charge in [0.1, 0.15) is 0 Å². The van der Waals surface area contributed by atoms with Gasteiger partial charge in [-0.05, 0) is 25.3 Å². The smallest absolute Gasteiger partial charge is 0.239 e. The molecule has 0 atom stereocenters. The number of rotatable bonds is 7. The van der Waals surface area contributed by atoms with Crippen molar-refractivity contribution in [2.24, 2.45) is 0 Å². The standard InChI is InChI=1S/C14H18N4O3S/c1-9(2)16-12(20)8-15-11(19)5-6-13-17-14(18-21-13)10-4-3-7-22-10/h3-4,7,9H,5-6,8H2,1-2H3,(H,15,19)(H,16,20). The molecule has 0 aliphatic rings. The molecular weight excluding hydrogens is 304 g/mol. The third kappa shape index (κ3) is 4.96. The van der Waals surface area contributed by atoms with Gasteiger partial charge in [-0.15, -0.1) is 11.3 Å². The minimum atomic E-state index is -0.227. The lowest BCUT2D eigenvalue weighted by Crippen LogP contribution is -2.39. The molecule has 0 saturated heterocycles. The van der Waals surface area contributed by atoms with E-state index < -0.39 is 0 Å². The highest BCUT2D eigenvalue weighted by atomic mass is 32.1. The van der Waals surface area contributed by atoms with E-state index in [9.17, 15) is 9.59 Å². The van der Waals surface area contributed by atoms with Gasteiger partial charge in [-0.2, -0.15) is 4.98 Å². The van der Waals surface area contributed by atoms with Crippen LogP contribution >= 0.6 is 11.3 Å². The quantitative estimate of drug-likeness (QED) is 0.802. The first-order chi connectivity index (χ1) is 10.5. The van der Waals surface area contributed by atoms with Crippen LogP contribution in [0.1, 0.15) is 26.2 Å². The second-order valence-corrected chi connectivity index (χ2v) is 5.94. The van der Waals surface area contributed by atoms with Crippen LogP contribution < -0.4 is 10.6 Å². The number of thiophene rings is 1. The van der Waals surface area contributed by atoms with Crippen LogP contribution in [0.2, 0.25) is 0 Å². The van der Waals surface area contributed by atoms with Crippen molar-refractivity contribution in [2.75, 3.05) is 6.54 Å². The Bertz CT molecular complexity index is 622. The van der Waals surface area contributed by atoms with E-state index in [1.54, 1.807) is 0 Å². The molecule has 0 aliphatic heterocycles. The average Bonchev–Trinajstić information content (AvgIpc) is 3.12. The molecule has 0 fully saturated rings. The Morgan fingerprint density at radius 3 is 2.86 bits per heavy atom. The number of hydrogen-bond donors (Lipinski definition) is 2. The molecular formula is C14H18N4O3S. The molecule has 0 aromatic carbocycles. The van der Waals surface area contributed by atoms with E-state index in [2.05, 4.69) is 20.8 Å². The molecule has 2 aromatic heterocycles. The van der Waals surface area contributed by atoms with Gasteiger partial charge in [0.2, 0.25) is 23.5 Å². The third-order valence-electron chi connectivity index (χ3n) is 2.67. The summed E-state index contributed by atoms with van der Waals surface area (Å²) < 4.78 is 5.10. The summed E-state index contributed by atoms with van der Waals surface area (Å²) in [6.45, 7) is 3.70. The zero-order valence-corrected chi connectivity index (χ0v) is 13.3. The van der Waals surface area contributed by atoms with E-state index in [4.69, 9.17) is 4.52 Å². The fraction of sp³-hybridized carbons (Fsp3) is 0.429. The molecule has 2 N–H and O–H groups in total. The van der Waals surface area contributed by atoms with Gasteiger partial charge in [0.25, 0.3) is 0 Å². The molecule has 22 heavy (non-hydrogen) atoms. The van der Waals surface area contributed by atoms with Crippen molar-refractivity contribution in [1.82, 2.24) is 20.8 Å². The Kier molecular flexibility index (Phi) is 5.65. The Morgan fingerprint density at radius 1 is 1.36 bits per heavy atom. The van der Waals surface area contributed by atoms with Crippen LogP contribution in [0, 0.1) is 0 Å². The Labute approximate surface area is 132 Å². The molecule has 118 valence electrons. The summed E-state index contributed by atoms with van der Waals surface area (Å²) in [7, 11) is 0. The Hall–Kier alpha value is -2.22. The Morgan fingerprint density at radius 2 is 2.18 bits per heavy atom. The number of aryl methyl sites for hydroxylation is 1. The van der Waals surface area contributed by atoms with Crippen molar-refractivity contribution in [3.63, 3.8) is 0 Å². The lowest BCUT2D eigenvalue weighted by atomic mass is 10.3. The number of carbonyl (C=O) groups is 2. The van der Waals surface area contributed by atoms with E-state index >= 15 is 0 Å². The third-order valence-corrected chi connectivity index (χ3v) is 3.54. The second kappa shape index (κ2) is 7.69. The predicted octanol–water partition coefficient (Wildman–Crippen LogP) is 1.37. The van der Waals surface area contributed by atoms with E-state index in [1.165, 1.54) is 11.3 Å². The first kappa shape index (κ1) is 16.2. The Balaban J connectivity index is 1.74. The van der Waals surface area contributed by atoms with Crippen molar-refractivity contribution >= 4 is 23.2 Å². The van der Waals surface area contributed by atoms with E-state index in [0.29, 0.717) is 18.1 Å². The topological polar surface area (TPSA) is 97.1 Å². The van der Waals surface area contributed by atoms with Crippen molar-refractivity contribution in [3.8, 4) is 10.7 Å². The average molecular weight is 322 g/mol. The molecule has 0 bridgehead atoms. The van der Waals surface area contributed by atoms with Gasteiger partial charge < -0.3 is 15.2 Å². The maximum atomic E-state index is 11.7. The summed E-state index contributed by atoms with van der Waals surface area (Å²) >= 11 is 1.52. The van der Waals surface area contributed by atoms with Crippen LogP contribution in [0.15, 0.2) is 22.0 Å². The fourth-order valence-corrected chi connectivity index (χ4v) is 2.37. The van der Waals surface area contributed by atoms with Gasteiger partial charge in [-0.1, -0.05) is 11.2 Å². The summed E-state index contributed by atoms with van der Waals surface area (Å²) in [5.41, 5.74) is 0. The number of hydrogen-bond acceptors (Lipinski definition) is 6. The molecule has 2 aromatic rings. The molecule has 2 amide bonds. The highest BCUT2D eigenvalue weighted by Gasteiger charge is 2.12. The first-order valence-electron chi connectivity index (χ1n) is 6.97. The van der Waals surface area contributed by atoms with Crippen LogP contribution in [0.3, 0.4) is 0 Å². The number of amides is 2. The summed E-state index contributed by atoms with van der Waals surface area (Å²) in [6, 6.07) is 3.86. The maximum Gasteiger partial charge on any atom is 0.239 e. The number of nitrogens with one attached hydrogen (secondary N) is 2. The van der Waals surface area contributed by atoms with Crippen LogP contribution in [0.5, 0.6) is 0 Å². The number of nitrogens with zero attached hydrogens (tertiary/aromatic N) is 2. The van der Waals surface area contributed by atoms with Crippen molar-refractivity contribution in [1.29, 1.82) is 0 Å². The van der Waals surface area contributed by atoms with Gasteiger partial charge in [-0.25, -0.2) is 0 Å².